The van der Waals surface area contributed by atoms with Crippen molar-refractivity contribution in [1.29, 1.82) is 0 Å². The van der Waals surface area contributed by atoms with Gasteiger partial charge in [0.05, 0.1) is 36.4 Å². The highest BCUT2D eigenvalue weighted by molar-refractivity contribution is 5.86. The number of phenolic OH excluding ortho intramolecular Hbond substituents is 2. The molecule has 0 spiro atoms. The molecule has 14 heteroatoms. The molecule has 5 unspecified atom stereocenters. The standard InChI is InChI=1S/C13H18O4.C13H24O3.C9H17NO.C7H17NO.C6H15NO.C6H15N/c1-13(2,3)12-10(16)6-8-9(15)4-7(14)5-11(8)17-12;1-6-11-9(2)7-10(8-15-11)16-12(14)13(3,4)5;1-5-8(11)10-7-6-9(2,3)4;1-7(2,3)6(9)5-8-4;1-6(2,3)5(8)4-7;1-6(2,3)4-5-7/h4-5,10,12,14-16H,6H2,1-3H3;9-11H,6-8H2,1-5H3;5H,1,6-7H2,2-4H3,(H,10,11);6,8-9H,5H2,1-4H3;5,8H,4,7H2,1-3H3;4-5,7H2,1-3H3/t;9-,10?,11+;;;;/m.0..../s1. The molecule has 3 rings (SSSR count). The summed E-state index contributed by atoms with van der Waals surface area (Å²) in [5.74, 6) is 0.624. The molecule has 11 N–H and O–H groups in total. The Bertz CT molecular complexity index is 1550. The average Bonchev–Trinajstić information content (AvgIpc) is 3.16. The molecule has 0 radical (unpaired) electrons. The Labute approximate surface area is 415 Å². The predicted molar refractivity (Wildman–Crippen MR) is 281 cm³/mol. The van der Waals surface area contributed by atoms with Crippen molar-refractivity contribution in [2.75, 3.05) is 39.8 Å². The Hall–Kier alpha value is -2.98. The maximum absolute atomic E-state index is 11.7. The number of carbonyl (C=O) groups excluding carboxylic acids is 2. The lowest BCUT2D eigenvalue weighted by Crippen LogP contribution is -2.46. The summed E-state index contributed by atoms with van der Waals surface area (Å²) in [6.45, 7) is 47.3. The average molecular weight is 971 g/mol. The van der Waals surface area contributed by atoms with Crippen molar-refractivity contribution in [3.8, 4) is 17.2 Å². The van der Waals surface area contributed by atoms with Gasteiger partial charge in [0.2, 0.25) is 5.91 Å². The highest BCUT2D eigenvalue weighted by Gasteiger charge is 2.38. The van der Waals surface area contributed by atoms with Crippen LogP contribution >= 0.6 is 0 Å². The minimum Gasteiger partial charge on any atom is -0.508 e. The first-order valence-corrected chi connectivity index (χ1v) is 24.6. The van der Waals surface area contributed by atoms with Crippen molar-refractivity contribution in [3.63, 3.8) is 0 Å². The molecule has 0 bridgehead atoms. The quantitative estimate of drug-likeness (QED) is 0.0833. The van der Waals surface area contributed by atoms with Crippen LogP contribution in [0.2, 0.25) is 0 Å². The molecule has 2 heterocycles. The minimum absolute atomic E-state index is 0.00299. The van der Waals surface area contributed by atoms with Crippen molar-refractivity contribution < 1.29 is 49.3 Å². The SMILES string of the molecule is C=CC(=O)NCCC(C)(C)C.CC(C)(C)C(O)CN.CC(C)(C)C1Oc2cc(O)cc(O)c2CC1O.CC(C)(C)CCN.CC[C@H]1OCC(OC(=O)C(C)(C)C)C[C@@H]1C.CNCC(O)C(C)(C)C. The molecule has 2 aliphatic heterocycles. The molecule has 1 aromatic carbocycles. The largest absolute Gasteiger partial charge is 0.508 e. The summed E-state index contributed by atoms with van der Waals surface area (Å²) < 4.78 is 16.8. The van der Waals surface area contributed by atoms with E-state index in [1.165, 1.54) is 18.2 Å². The second-order valence-corrected chi connectivity index (χ2v) is 24.9. The maximum Gasteiger partial charge on any atom is 0.311 e. The first-order chi connectivity index (χ1) is 30.6. The van der Waals surface area contributed by atoms with E-state index < -0.39 is 11.5 Å². The van der Waals surface area contributed by atoms with E-state index in [9.17, 15) is 30.0 Å². The lowest BCUT2D eigenvalue weighted by atomic mass is 9.82. The lowest BCUT2D eigenvalue weighted by Gasteiger charge is -2.38. The number of amides is 1. The third-order valence-corrected chi connectivity index (χ3v) is 11.0. The number of phenols is 2. The van der Waals surface area contributed by atoms with Crippen molar-refractivity contribution in [3.05, 3.63) is 30.4 Å². The van der Waals surface area contributed by atoms with Gasteiger partial charge in [0.15, 0.2) is 0 Å². The maximum atomic E-state index is 11.7. The number of esters is 1. The molecular formula is C54H106N4O10. The van der Waals surface area contributed by atoms with Gasteiger partial charge in [-0.1, -0.05) is 124 Å². The Morgan fingerprint density at radius 1 is 0.868 bits per heavy atom. The molecule has 14 nitrogen and oxygen atoms in total. The second-order valence-electron chi connectivity index (χ2n) is 24.9. The number of aliphatic hydroxyl groups is 3. The molecule has 1 saturated heterocycles. The zero-order valence-electron chi connectivity index (χ0n) is 47.0. The number of benzene rings is 1. The predicted octanol–water partition coefficient (Wildman–Crippen LogP) is 8.66. The number of ether oxygens (including phenoxy) is 3. The van der Waals surface area contributed by atoms with E-state index in [2.05, 4.69) is 72.6 Å². The normalized spacial score (nSPS) is 20.3. The number of aliphatic hydroxyl groups excluding tert-OH is 3. The zero-order chi connectivity index (χ0) is 54.2. The van der Waals surface area contributed by atoms with Crippen LogP contribution in [0.3, 0.4) is 0 Å². The highest BCUT2D eigenvalue weighted by atomic mass is 16.6. The number of rotatable bonds is 9. The summed E-state index contributed by atoms with van der Waals surface area (Å²) in [5, 5.41) is 53.2. The number of nitrogens with one attached hydrogen (secondary N) is 2. The van der Waals surface area contributed by atoms with Crippen LogP contribution < -0.4 is 26.8 Å². The molecule has 2 aliphatic rings. The van der Waals surface area contributed by atoms with Crippen LogP contribution in [0.4, 0.5) is 0 Å². The number of nitrogens with two attached hydrogens (primary N) is 2. The van der Waals surface area contributed by atoms with E-state index >= 15 is 0 Å². The summed E-state index contributed by atoms with van der Waals surface area (Å²) in [7, 11) is 1.84. The fraction of sp³-hybridized carbons (Fsp3) is 0.815. The molecule has 0 saturated carbocycles. The van der Waals surface area contributed by atoms with Gasteiger partial charge in [-0.3, -0.25) is 9.59 Å². The number of carbonyl (C=O) groups is 2. The van der Waals surface area contributed by atoms with Gasteiger partial charge in [0, 0.05) is 49.2 Å². The summed E-state index contributed by atoms with van der Waals surface area (Å²) in [6.07, 6.45) is 4.32. The third kappa shape index (κ3) is 32.8. The Kier molecular flexibility index (Phi) is 32.0. The fourth-order valence-electron chi connectivity index (χ4n) is 6.09. The lowest BCUT2D eigenvalue weighted by molar-refractivity contribution is -0.171. The van der Waals surface area contributed by atoms with Crippen molar-refractivity contribution in [1.82, 2.24) is 10.6 Å². The minimum atomic E-state index is -0.655. The monoisotopic (exact) mass is 971 g/mol. The van der Waals surface area contributed by atoms with Crippen LogP contribution in [-0.4, -0.2) is 114 Å². The molecule has 402 valence electrons. The van der Waals surface area contributed by atoms with Crippen LogP contribution in [0, 0.1) is 38.4 Å². The number of aromatic hydroxyl groups is 2. The fourth-order valence-corrected chi connectivity index (χ4v) is 6.09. The number of hydrogen-bond donors (Lipinski definition) is 9. The summed E-state index contributed by atoms with van der Waals surface area (Å²) >= 11 is 0. The molecule has 1 amide bonds. The topological polar surface area (TPSA) is 239 Å². The van der Waals surface area contributed by atoms with Crippen molar-refractivity contribution in [2.24, 2.45) is 49.9 Å². The smallest absolute Gasteiger partial charge is 0.311 e. The van der Waals surface area contributed by atoms with Crippen LogP contribution in [-0.2, 0) is 25.5 Å². The molecule has 68 heavy (non-hydrogen) atoms. The van der Waals surface area contributed by atoms with E-state index in [-0.39, 0.29) is 69.5 Å². The van der Waals surface area contributed by atoms with Crippen LogP contribution in [0.15, 0.2) is 24.8 Å². The van der Waals surface area contributed by atoms with Crippen LogP contribution in [0.5, 0.6) is 17.2 Å². The van der Waals surface area contributed by atoms with E-state index in [4.69, 9.17) is 30.8 Å². The van der Waals surface area contributed by atoms with Crippen LogP contribution in [0.25, 0.3) is 0 Å². The van der Waals surface area contributed by atoms with E-state index in [0.717, 1.165) is 38.8 Å². The van der Waals surface area contributed by atoms with Gasteiger partial charge in [-0.15, -0.1) is 0 Å². The van der Waals surface area contributed by atoms with Gasteiger partial charge in [-0.25, -0.2) is 0 Å². The molecule has 1 aromatic rings. The summed E-state index contributed by atoms with van der Waals surface area (Å²) in [4.78, 5) is 22.4. The second kappa shape index (κ2) is 31.4. The molecule has 0 aliphatic carbocycles. The summed E-state index contributed by atoms with van der Waals surface area (Å²) in [5.41, 5.74) is 11.1. The molecule has 0 aromatic heterocycles. The highest BCUT2D eigenvalue weighted by Crippen LogP contribution is 2.41. The first-order valence-electron chi connectivity index (χ1n) is 24.6. The van der Waals surface area contributed by atoms with Gasteiger partial charge in [-0.05, 0) is 93.7 Å². The molecule has 7 atom stereocenters. The van der Waals surface area contributed by atoms with Crippen molar-refractivity contribution >= 4 is 11.9 Å². The van der Waals surface area contributed by atoms with Gasteiger partial charge >= 0.3 is 5.97 Å². The van der Waals surface area contributed by atoms with Gasteiger partial charge in [-0.2, -0.15) is 0 Å². The third-order valence-electron chi connectivity index (χ3n) is 11.0. The first kappa shape index (κ1) is 69.3. The van der Waals surface area contributed by atoms with Gasteiger partial charge < -0.3 is 61.8 Å². The Morgan fingerprint density at radius 3 is 1.71 bits per heavy atom. The molecule has 1 fully saturated rings. The van der Waals surface area contributed by atoms with E-state index in [1.807, 2.05) is 90.1 Å². The van der Waals surface area contributed by atoms with Gasteiger partial charge in [0.25, 0.3) is 0 Å². The Balaban J connectivity index is -0.000000771. The Morgan fingerprint density at radius 2 is 1.38 bits per heavy atom. The van der Waals surface area contributed by atoms with Crippen molar-refractivity contribution in [2.45, 2.75) is 207 Å². The zero-order valence-corrected chi connectivity index (χ0v) is 47.0. The number of fused-ring (bicyclic) bond motifs is 1. The van der Waals surface area contributed by atoms with Crippen LogP contribution in [0.1, 0.15) is 170 Å². The number of hydrogen-bond acceptors (Lipinski definition) is 13. The van der Waals surface area contributed by atoms with Gasteiger partial charge in [0.1, 0.15) is 29.5 Å². The summed E-state index contributed by atoms with van der Waals surface area (Å²) in [6, 6.07) is 2.73. The molecular weight excluding hydrogens is 865 g/mol. The number of likely N-dealkylation sites (N-methyl/N-ethyl adjacent to an activating group) is 1. The van der Waals surface area contributed by atoms with E-state index in [1.54, 1.807) is 0 Å². The van der Waals surface area contributed by atoms with E-state index in [0.29, 0.717) is 54.9 Å².